The maximum Gasteiger partial charge on any atom is 0.389 e. The number of hydrogen-bond acceptors (Lipinski definition) is 2. The van der Waals surface area contributed by atoms with E-state index < -0.39 is 29.6 Å². The molecule has 0 radical (unpaired) electrons. The van der Waals surface area contributed by atoms with Crippen molar-refractivity contribution in [2.45, 2.75) is 25.4 Å². The highest BCUT2D eigenvalue weighted by Crippen LogP contribution is 2.23. The number of fused-ring (bicyclic) bond motifs is 1. The molecular weight excluding hydrogens is 287 g/mol. The predicted molar refractivity (Wildman–Crippen MR) is 70.5 cm³/mol. The quantitative estimate of drug-likeness (QED) is 0.911. The molecule has 21 heavy (non-hydrogen) atoms. The van der Waals surface area contributed by atoms with E-state index in [1.54, 1.807) is 12.1 Å². The number of nitrogens with one attached hydrogen (secondary N) is 1. The smallest absolute Gasteiger partial charge is 0.389 e. The zero-order valence-electron chi connectivity index (χ0n) is 10.8. The number of halogens is 3. The molecule has 0 atom stereocenters. The average molecular weight is 299 g/mol. The molecule has 0 fully saturated rings. The van der Waals surface area contributed by atoms with Gasteiger partial charge in [-0.15, -0.1) is 0 Å². The summed E-state index contributed by atoms with van der Waals surface area (Å²) in [7, 11) is 0. The Morgan fingerprint density at radius 3 is 2.62 bits per heavy atom. The molecule has 7 heteroatoms. The van der Waals surface area contributed by atoms with E-state index in [0.29, 0.717) is 11.1 Å². The zero-order chi connectivity index (χ0) is 15.6. The molecule has 112 valence electrons. The number of aromatic carboxylic acids is 1. The van der Waals surface area contributed by atoms with Crippen molar-refractivity contribution < 1.29 is 23.1 Å². The summed E-state index contributed by atoms with van der Waals surface area (Å²) in [5, 5.41) is 9.05. The second-order valence-corrected chi connectivity index (χ2v) is 4.69. The fourth-order valence-corrected chi connectivity index (χ4v) is 2.07. The number of hydrogen-bond donors (Lipinski definition) is 2. The second kappa shape index (κ2) is 5.59. The number of pyridine rings is 1. The lowest BCUT2D eigenvalue weighted by Gasteiger charge is -2.07. The third-order valence-corrected chi connectivity index (χ3v) is 3.10. The van der Waals surface area contributed by atoms with Crippen LogP contribution in [0.3, 0.4) is 0 Å². The third-order valence-electron chi connectivity index (χ3n) is 3.10. The second-order valence-electron chi connectivity index (χ2n) is 4.69. The Bertz CT molecular complexity index is 734. The topological polar surface area (TPSA) is 70.2 Å². The van der Waals surface area contributed by atoms with Crippen molar-refractivity contribution >= 4 is 16.9 Å². The zero-order valence-corrected chi connectivity index (χ0v) is 10.8. The summed E-state index contributed by atoms with van der Waals surface area (Å²) < 4.78 is 36.3. The van der Waals surface area contributed by atoms with Crippen molar-refractivity contribution in [3.63, 3.8) is 0 Å². The maximum absolute atomic E-state index is 12.1. The first kappa shape index (κ1) is 15.1. The Balaban J connectivity index is 2.30. The minimum absolute atomic E-state index is 0.0778. The van der Waals surface area contributed by atoms with E-state index in [0.717, 1.165) is 6.20 Å². The lowest BCUT2D eigenvalue weighted by Crippen LogP contribution is -2.15. The number of carboxylic acids is 1. The number of H-pyrrole nitrogens is 1. The van der Waals surface area contributed by atoms with Crippen LogP contribution in [0.5, 0.6) is 0 Å². The number of aromatic amines is 1. The van der Waals surface area contributed by atoms with Crippen molar-refractivity contribution in [1.29, 1.82) is 0 Å². The molecule has 4 nitrogen and oxygen atoms in total. The van der Waals surface area contributed by atoms with Gasteiger partial charge in [0.15, 0.2) is 0 Å². The lowest BCUT2D eigenvalue weighted by molar-refractivity contribution is -0.135. The average Bonchev–Trinajstić information content (AvgIpc) is 2.37. The van der Waals surface area contributed by atoms with Crippen LogP contribution in [0, 0.1) is 0 Å². The molecule has 1 aromatic heterocycles. The van der Waals surface area contributed by atoms with Gasteiger partial charge in [0, 0.05) is 23.5 Å². The number of rotatable bonds is 4. The molecule has 0 spiro atoms. The van der Waals surface area contributed by atoms with E-state index in [1.807, 2.05) is 0 Å². The van der Waals surface area contributed by atoms with Crippen LogP contribution in [0.1, 0.15) is 28.8 Å². The van der Waals surface area contributed by atoms with Crippen LogP contribution in [-0.4, -0.2) is 22.2 Å². The van der Waals surface area contributed by atoms with Crippen LogP contribution in [0.25, 0.3) is 10.9 Å². The Morgan fingerprint density at radius 2 is 2.00 bits per heavy atom. The molecule has 0 saturated carbocycles. The first-order chi connectivity index (χ1) is 9.78. The molecule has 0 saturated heterocycles. The fraction of sp³-hybridized carbons (Fsp3) is 0.286. The molecule has 0 amide bonds. The molecule has 2 aromatic rings. The number of carbonyl (C=O) groups is 1. The van der Waals surface area contributed by atoms with E-state index in [-0.39, 0.29) is 18.2 Å². The number of aromatic nitrogens is 1. The Kier molecular flexibility index (Phi) is 4.02. The molecule has 2 N–H and O–H groups in total. The molecule has 1 heterocycles. The van der Waals surface area contributed by atoms with E-state index in [1.165, 1.54) is 6.07 Å². The van der Waals surface area contributed by atoms with Crippen LogP contribution in [0.4, 0.5) is 13.2 Å². The van der Waals surface area contributed by atoms with E-state index >= 15 is 0 Å². The Morgan fingerprint density at radius 1 is 1.29 bits per heavy atom. The maximum atomic E-state index is 12.1. The van der Waals surface area contributed by atoms with Crippen molar-refractivity contribution in [2.75, 3.05) is 0 Å². The van der Waals surface area contributed by atoms with Gasteiger partial charge in [-0.3, -0.25) is 4.79 Å². The van der Waals surface area contributed by atoms with Gasteiger partial charge < -0.3 is 10.1 Å². The van der Waals surface area contributed by atoms with Crippen molar-refractivity contribution in [2.24, 2.45) is 0 Å². The largest absolute Gasteiger partial charge is 0.477 e. The number of carboxylic acid groups (broad SMARTS) is 1. The van der Waals surface area contributed by atoms with Crippen LogP contribution in [-0.2, 0) is 6.42 Å². The van der Waals surface area contributed by atoms with E-state index in [2.05, 4.69) is 4.98 Å². The summed E-state index contributed by atoms with van der Waals surface area (Å²) in [6.07, 6.45) is -3.89. The van der Waals surface area contributed by atoms with E-state index in [9.17, 15) is 22.8 Å². The molecule has 0 aliphatic heterocycles. The molecule has 0 aliphatic rings. The number of alkyl halides is 3. The summed E-state index contributed by atoms with van der Waals surface area (Å²) in [6.45, 7) is 0. The van der Waals surface area contributed by atoms with Crippen LogP contribution in [0.15, 0.2) is 29.2 Å². The highest BCUT2D eigenvalue weighted by molar-refractivity contribution is 5.92. The van der Waals surface area contributed by atoms with E-state index in [4.69, 9.17) is 5.11 Å². The lowest BCUT2D eigenvalue weighted by atomic mass is 10.0. The van der Waals surface area contributed by atoms with Crippen molar-refractivity contribution in [1.82, 2.24) is 4.98 Å². The normalized spacial score (nSPS) is 11.8. The van der Waals surface area contributed by atoms with Crippen LogP contribution < -0.4 is 5.43 Å². The summed E-state index contributed by atoms with van der Waals surface area (Å²) in [6, 6.07) is 4.62. The van der Waals surface area contributed by atoms with Gasteiger partial charge in [-0.1, -0.05) is 6.07 Å². The Hall–Kier alpha value is -2.31. The van der Waals surface area contributed by atoms with Gasteiger partial charge in [0.05, 0.1) is 0 Å². The summed E-state index contributed by atoms with van der Waals surface area (Å²) >= 11 is 0. The van der Waals surface area contributed by atoms with Crippen molar-refractivity contribution in [3.05, 3.63) is 45.7 Å². The monoisotopic (exact) mass is 299 g/mol. The van der Waals surface area contributed by atoms with Gasteiger partial charge in [0.1, 0.15) is 5.56 Å². The summed E-state index contributed by atoms with van der Waals surface area (Å²) in [5.41, 5.74) is -0.0202. The highest BCUT2D eigenvalue weighted by Gasteiger charge is 2.25. The van der Waals surface area contributed by atoms with Gasteiger partial charge >= 0.3 is 12.1 Å². The SMILES string of the molecule is O=C(O)c1c[nH]c2ccc(CCCC(F)(F)F)cc2c1=O. The van der Waals surface area contributed by atoms with Crippen LogP contribution >= 0.6 is 0 Å². The first-order valence-corrected chi connectivity index (χ1v) is 6.22. The van der Waals surface area contributed by atoms with Gasteiger partial charge in [-0.25, -0.2) is 4.79 Å². The molecular formula is C14H12F3NO3. The predicted octanol–water partition coefficient (Wildman–Crippen LogP) is 3.11. The minimum atomic E-state index is -4.20. The summed E-state index contributed by atoms with van der Waals surface area (Å²) in [5.74, 6) is -1.35. The highest BCUT2D eigenvalue weighted by atomic mass is 19.4. The fourth-order valence-electron chi connectivity index (χ4n) is 2.07. The first-order valence-electron chi connectivity index (χ1n) is 6.22. The molecule has 2 rings (SSSR count). The van der Waals surface area contributed by atoms with Gasteiger partial charge in [-0.05, 0) is 30.5 Å². The molecule has 0 unspecified atom stereocenters. The minimum Gasteiger partial charge on any atom is -0.477 e. The summed E-state index contributed by atoms with van der Waals surface area (Å²) in [4.78, 5) is 25.6. The molecule has 0 aliphatic carbocycles. The van der Waals surface area contributed by atoms with Gasteiger partial charge in [-0.2, -0.15) is 13.2 Å². The Labute approximate surface area is 117 Å². The number of aryl methyl sites for hydroxylation is 1. The molecule has 1 aromatic carbocycles. The standard InChI is InChI=1S/C14H12F3NO3/c15-14(16,17)5-1-2-8-3-4-11-9(6-8)12(19)10(7-18-11)13(20)21/h3-4,6-7H,1-2,5H2,(H,18,19)(H,20,21). The van der Waals surface area contributed by atoms with Crippen LogP contribution in [0.2, 0.25) is 0 Å². The molecule has 0 bridgehead atoms. The van der Waals surface area contributed by atoms with Gasteiger partial charge in [0.25, 0.3) is 0 Å². The number of benzene rings is 1. The van der Waals surface area contributed by atoms with Crippen molar-refractivity contribution in [3.8, 4) is 0 Å². The third kappa shape index (κ3) is 3.62. The van der Waals surface area contributed by atoms with Gasteiger partial charge in [0.2, 0.25) is 5.43 Å².